The van der Waals surface area contributed by atoms with Crippen LogP contribution in [0.4, 0.5) is 0 Å². The molecule has 1 amide bonds. The topological polar surface area (TPSA) is 66.5 Å². The number of amides is 1. The first-order valence-corrected chi connectivity index (χ1v) is 8.60. The Labute approximate surface area is 109 Å². The predicted octanol–water partition coefficient (Wildman–Crippen LogP) is 0.164. The molecular formula is C12H22N2O3S. The van der Waals surface area contributed by atoms with Crippen molar-refractivity contribution in [3.05, 3.63) is 0 Å². The smallest absolute Gasteiger partial charge is 0.239 e. The van der Waals surface area contributed by atoms with Crippen molar-refractivity contribution in [1.82, 2.24) is 10.2 Å². The Hall–Kier alpha value is -0.620. The lowest BCUT2D eigenvalue weighted by Gasteiger charge is -2.39. The summed E-state index contributed by atoms with van der Waals surface area (Å²) in [5.74, 6) is 0.619. The zero-order chi connectivity index (χ0) is 13.2. The summed E-state index contributed by atoms with van der Waals surface area (Å²) in [4.78, 5) is 14.2. The average Bonchev–Trinajstić information content (AvgIpc) is 2.33. The highest BCUT2D eigenvalue weighted by Gasteiger charge is 2.35. The van der Waals surface area contributed by atoms with Gasteiger partial charge in [0.1, 0.15) is 9.84 Å². The Bertz CT molecular complexity index is 392. The number of nitrogens with one attached hydrogen (secondary N) is 1. The van der Waals surface area contributed by atoms with Gasteiger partial charge < -0.3 is 10.2 Å². The van der Waals surface area contributed by atoms with Crippen molar-refractivity contribution in [1.29, 1.82) is 0 Å². The van der Waals surface area contributed by atoms with Crippen molar-refractivity contribution in [3.63, 3.8) is 0 Å². The van der Waals surface area contributed by atoms with Crippen LogP contribution in [0.15, 0.2) is 0 Å². The first-order chi connectivity index (χ1) is 8.53. The first kappa shape index (κ1) is 13.8. The lowest BCUT2D eigenvalue weighted by Crippen LogP contribution is -2.55. The Balaban J connectivity index is 1.98. The van der Waals surface area contributed by atoms with Crippen LogP contribution in [-0.2, 0) is 14.6 Å². The molecule has 18 heavy (non-hydrogen) atoms. The highest BCUT2D eigenvalue weighted by atomic mass is 32.2. The van der Waals surface area contributed by atoms with E-state index in [0.717, 1.165) is 25.9 Å². The number of carbonyl (C=O) groups excluding carboxylic acids is 1. The van der Waals surface area contributed by atoms with Crippen LogP contribution in [0, 0.1) is 0 Å². The van der Waals surface area contributed by atoms with Gasteiger partial charge in [0.05, 0.1) is 17.5 Å². The van der Waals surface area contributed by atoms with E-state index in [1.807, 2.05) is 11.8 Å². The lowest BCUT2D eigenvalue weighted by molar-refractivity contribution is -0.138. The number of nitrogens with zero attached hydrogens (tertiary/aromatic N) is 1. The maximum absolute atomic E-state index is 12.3. The Morgan fingerprint density at radius 1 is 1.28 bits per heavy atom. The van der Waals surface area contributed by atoms with Crippen molar-refractivity contribution < 1.29 is 13.2 Å². The number of likely N-dealkylation sites (N-methyl/N-ethyl adjacent to an activating group) is 1. The van der Waals surface area contributed by atoms with Gasteiger partial charge in [0.25, 0.3) is 0 Å². The molecule has 0 spiro atoms. The maximum atomic E-state index is 12.3. The molecule has 2 heterocycles. The van der Waals surface area contributed by atoms with Gasteiger partial charge in [0.2, 0.25) is 5.91 Å². The van der Waals surface area contributed by atoms with Gasteiger partial charge in [-0.05, 0) is 32.2 Å². The first-order valence-electron chi connectivity index (χ1n) is 6.78. The zero-order valence-electron chi connectivity index (χ0n) is 10.9. The number of likely N-dealkylation sites (tertiary alicyclic amines) is 1. The average molecular weight is 274 g/mol. The molecule has 1 N–H and O–H groups in total. The van der Waals surface area contributed by atoms with Crippen molar-refractivity contribution in [3.8, 4) is 0 Å². The van der Waals surface area contributed by atoms with Crippen molar-refractivity contribution in [2.45, 2.75) is 44.7 Å². The van der Waals surface area contributed by atoms with Gasteiger partial charge >= 0.3 is 0 Å². The molecule has 2 rings (SSSR count). The van der Waals surface area contributed by atoms with Crippen molar-refractivity contribution in [2.24, 2.45) is 0 Å². The molecule has 0 bridgehead atoms. The molecule has 1 unspecified atom stereocenters. The molecule has 0 aliphatic carbocycles. The van der Waals surface area contributed by atoms with Gasteiger partial charge in [-0.1, -0.05) is 6.92 Å². The quantitative estimate of drug-likeness (QED) is 0.796. The second kappa shape index (κ2) is 5.57. The molecule has 104 valence electrons. The van der Waals surface area contributed by atoms with Crippen LogP contribution in [0.3, 0.4) is 0 Å². The molecule has 0 aromatic heterocycles. The summed E-state index contributed by atoms with van der Waals surface area (Å²) >= 11 is 0. The molecular weight excluding hydrogens is 252 g/mol. The van der Waals surface area contributed by atoms with E-state index in [2.05, 4.69) is 5.32 Å². The summed E-state index contributed by atoms with van der Waals surface area (Å²) in [5.41, 5.74) is 0. The molecule has 5 nitrogen and oxygen atoms in total. The van der Waals surface area contributed by atoms with E-state index in [-0.39, 0.29) is 29.5 Å². The molecule has 2 aliphatic heterocycles. The number of hydrogen-bond donors (Lipinski definition) is 1. The van der Waals surface area contributed by atoms with Gasteiger partial charge in [0, 0.05) is 12.6 Å². The van der Waals surface area contributed by atoms with Crippen LogP contribution in [0.25, 0.3) is 0 Å². The van der Waals surface area contributed by atoms with Crippen molar-refractivity contribution in [2.75, 3.05) is 24.6 Å². The van der Waals surface area contributed by atoms with Crippen LogP contribution in [0.1, 0.15) is 32.6 Å². The minimum atomic E-state index is -2.85. The van der Waals surface area contributed by atoms with E-state index in [0.29, 0.717) is 12.8 Å². The van der Waals surface area contributed by atoms with Crippen molar-refractivity contribution >= 4 is 15.7 Å². The molecule has 6 heteroatoms. The minimum Gasteiger partial charge on any atom is -0.338 e. The van der Waals surface area contributed by atoms with E-state index < -0.39 is 9.84 Å². The number of hydrogen-bond acceptors (Lipinski definition) is 4. The Kier molecular flexibility index (Phi) is 4.27. The summed E-state index contributed by atoms with van der Waals surface area (Å²) in [6.07, 6.45) is 3.11. The highest BCUT2D eigenvalue weighted by molar-refractivity contribution is 7.91. The van der Waals surface area contributed by atoms with E-state index >= 15 is 0 Å². The standard InChI is InChI=1S/C12H22N2O3S/c1-2-13-11-4-3-7-14(12(11)15)10-5-8-18(16,17)9-6-10/h10-11,13H,2-9H2,1H3. The Morgan fingerprint density at radius 2 is 1.94 bits per heavy atom. The van der Waals surface area contributed by atoms with E-state index in [1.165, 1.54) is 0 Å². The number of rotatable bonds is 3. The van der Waals surface area contributed by atoms with Gasteiger partial charge in [-0.3, -0.25) is 4.79 Å². The minimum absolute atomic E-state index is 0.0673. The van der Waals surface area contributed by atoms with Gasteiger partial charge in [-0.15, -0.1) is 0 Å². The van der Waals surface area contributed by atoms with Gasteiger partial charge in [-0.2, -0.15) is 0 Å². The molecule has 0 radical (unpaired) electrons. The predicted molar refractivity (Wildman–Crippen MR) is 70.1 cm³/mol. The fourth-order valence-electron chi connectivity index (χ4n) is 2.89. The van der Waals surface area contributed by atoms with Crippen LogP contribution in [-0.4, -0.2) is 55.9 Å². The number of carbonyl (C=O) groups is 1. The van der Waals surface area contributed by atoms with Crippen LogP contribution >= 0.6 is 0 Å². The Morgan fingerprint density at radius 3 is 2.56 bits per heavy atom. The number of piperidine rings is 1. The van der Waals surface area contributed by atoms with Gasteiger partial charge in [0.15, 0.2) is 0 Å². The second-order valence-electron chi connectivity index (χ2n) is 5.17. The molecule has 1 atom stereocenters. The normalized spacial score (nSPS) is 29.5. The summed E-state index contributed by atoms with van der Waals surface area (Å²) < 4.78 is 22.8. The largest absolute Gasteiger partial charge is 0.338 e. The third-order valence-electron chi connectivity index (χ3n) is 3.89. The fourth-order valence-corrected chi connectivity index (χ4v) is 4.35. The lowest BCUT2D eigenvalue weighted by atomic mass is 10.00. The maximum Gasteiger partial charge on any atom is 0.239 e. The van der Waals surface area contributed by atoms with E-state index in [9.17, 15) is 13.2 Å². The summed E-state index contributed by atoms with van der Waals surface area (Å²) in [6.45, 7) is 3.58. The molecule has 0 aromatic rings. The summed E-state index contributed by atoms with van der Waals surface area (Å²) in [6, 6.07) is 0.0600. The summed E-state index contributed by atoms with van der Waals surface area (Å²) in [5, 5.41) is 3.21. The zero-order valence-corrected chi connectivity index (χ0v) is 11.7. The number of sulfone groups is 1. The van der Waals surface area contributed by atoms with Crippen LogP contribution in [0.5, 0.6) is 0 Å². The molecule has 0 aromatic carbocycles. The molecule has 2 fully saturated rings. The SMILES string of the molecule is CCNC1CCCN(C2CCS(=O)(=O)CC2)C1=O. The third kappa shape index (κ3) is 3.03. The third-order valence-corrected chi connectivity index (χ3v) is 5.60. The second-order valence-corrected chi connectivity index (χ2v) is 7.47. The molecule has 2 aliphatic rings. The fraction of sp³-hybridized carbons (Fsp3) is 0.917. The highest BCUT2D eigenvalue weighted by Crippen LogP contribution is 2.22. The van der Waals surface area contributed by atoms with Crippen LogP contribution < -0.4 is 5.32 Å². The summed E-state index contributed by atoms with van der Waals surface area (Å²) in [7, 11) is -2.85. The van der Waals surface area contributed by atoms with E-state index in [4.69, 9.17) is 0 Å². The van der Waals surface area contributed by atoms with Crippen LogP contribution in [0.2, 0.25) is 0 Å². The molecule has 0 saturated carbocycles. The van der Waals surface area contributed by atoms with Gasteiger partial charge in [-0.25, -0.2) is 8.42 Å². The monoisotopic (exact) mass is 274 g/mol. The van der Waals surface area contributed by atoms with E-state index in [1.54, 1.807) is 0 Å². The molecule has 2 saturated heterocycles.